The number of hydrogen-bond donors (Lipinski definition) is 1. The van der Waals surface area contributed by atoms with Gasteiger partial charge in [-0.25, -0.2) is 14.5 Å². The van der Waals surface area contributed by atoms with E-state index in [1.54, 1.807) is 18.1 Å². The molecule has 0 spiro atoms. The van der Waals surface area contributed by atoms with Gasteiger partial charge < -0.3 is 19.8 Å². The minimum absolute atomic E-state index is 0.105. The Hall–Kier alpha value is -3.62. The van der Waals surface area contributed by atoms with Crippen LogP contribution in [0.15, 0.2) is 48.2 Å². The molecule has 1 saturated carbocycles. The largest absolute Gasteiger partial charge is 0.495 e. The maximum atomic E-state index is 13.0. The van der Waals surface area contributed by atoms with Gasteiger partial charge in [-0.05, 0) is 63.0 Å². The van der Waals surface area contributed by atoms with Crippen molar-refractivity contribution in [3.8, 4) is 22.7 Å². The maximum absolute atomic E-state index is 13.0. The summed E-state index contributed by atoms with van der Waals surface area (Å²) in [5, 5.41) is 8.77. The molecule has 0 amide bonds. The predicted molar refractivity (Wildman–Crippen MR) is 140 cm³/mol. The zero-order valence-electron chi connectivity index (χ0n) is 22.5. The van der Waals surface area contributed by atoms with Crippen LogP contribution >= 0.6 is 0 Å². The molecule has 2 aromatic heterocycles. The first-order valence-electron chi connectivity index (χ1n) is 12.8. The van der Waals surface area contributed by atoms with Gasteiger partial charge in [-0.2, -0.15) is 0 Å². The van der Waals surface area contributed by atoms with Gasteiger partial charge in [-0.1, -0.05) is 30.7 Å². The fraction of sp³-hybridized carbons (Fsp3) is 0.500. The summed E-state index contributed by atoms with van der Waals surface area (Å²) in [5.74, 6) is 0.901. The van der Waals surface area contributed by atoms with E-state index in [0.717, 1.165) is 41.9 Å². The van der Waals surface area contributed by atoms with Crippen LogP contribution in [0.2, 0.25) is 0 Å². The third kappa shape index (κ3) is 4.01. The van der Waals surface area contributed by atoms with Crippen molar-refractivity contribution in [1.82, 2.24) is 24.5 Å². The average Bonchev–Trinajstić information content (AvgIpc) is 3.68. The summed E-state index contributed by atoms with van der Waals surface area (Å²) in [6.07, 6.45) is 9.31. The lowest BCUT2D eigenvalue weighted by Crippen LogP contribution is -2.42. The van der Waals surface area contributed by atoms with Crippen LogP contribution < -0.4 is 10.5 Å². The molecule has 196 valence electrons. The van der Waals surface area contributed by atoms with Crippen LogP contribution in [-0.4, -0.2) is 44.7 Å². The normalized spacial score (nSPS) is 21.9. The fourth-order valence-electron chi connectivity index (χ4n) is 6.50. The van der Waals surface area contributed by atoms with Crippen molar-refractivity contribution in [3.63, 3.8) is 0 Å². The van der Waals surface area contributed by atoms with E-state index in [-0.39, 0.29) is 16.8 Å². The number of benzene rings is 1. The highest BCUT2D eigenvalue weighted by molar-refractivity contribution is 5.74. The standard InChI is InChI=1S/C28H36N6O3/c1-17-14-33(16-30-17)22-8-7-19(11-24(22)36-5)21-15-34(32-31-21)23(26(35)37-6)13-27(3,4)28-10-9-20(12-28)18(2)25(28)29/h7-8,11,14-16,20,23H,9-10,12-13,29H2,1-6H3. The summed E-state index contributed by atoms with van der Waals surface area (Å²) in [4.78, 5) is 17.3. The second-order valence-corrected chi connectivity index (χ2v) is 11.1. The Kier molecular flexibility index (Phi) is 6.12. The molecule has 2 heterocycles. The van der Waals surface area contributed by atoms with Gasteiger partial charge in [0.05, 0.1) is 38.1 Å². The van der Waals surface area contributed by atoms with Crippen LogP contribution in [0.4, 0.5) is 0 Å². The second kappa shape index (κ2) is 9.04. The van der Waals surface area contributed by atoms with E-state index in [1.807, 2.05) is 42.1 Å². The lowest BCUT2D eigenvalue weighted by Gasteiger charge is -2.45. The number of nitrogens with two attached hydrogens (primary N) is 1. The first-order valence-corrected chi connectivity index (χ1v) is 12.8. The molecule has 3 unspecified atom stereocenters. The van der Waals surface area contributed by atoms with E-state index in [9.17, 15) is 4.79 Å². The first-order chi connectivity index (χ1) is 17.6. The van der Waals surface area contributed by atoms with Crippen molar-refractivity contribution in [2.24, 2.45) is 22.5 Å². The van der Waals surface area contributed by atoms with Gasteiger partial charge in [-0.3, -0.25) is 0 Å². The highest BCUT2D eigenvalue weighted by Crippen LogP contribution is 2.65. The number of allylic oxidation sites excluding steroid dienone is 2. The number of aromatic nitrogens is 5. The van der Waals surface area contributed by atoms with Crippen LogP contribution in [0.1, 0.15) is 58.2 Å². The Morgan fingerprint density at radius 2 is 2.05 bits per heavy atom. The monoisotopic (exact) mass is 504 g/mol. The summed E-state index contributed by atoms with van der Waals surface area (Å²) in [6.45, 7) is 8.54. The minimum atomic E-state index is -0.613. The van der Waals surface area contributed by atoms with Crippen molar-refractivity contribution in [1.29, 1.82) is 0 Å². The summed E-state index contributed by atoms with van der Waals surface area (Å²) < 4.78 is 14.4. The van der Waals surface area contributed by atoms with Gasteiger partial charge >= 0.3 is 5.97 Å². The smallest absolute Gasteiger partial charge is 0.330 e. The number of ether oxygens (including phenoxy) is 2. The number of imidazole rings is 1. The molecule has 1 fully saturated rings. The topological polar surface area (TPSA) is 110 Å². The summed E-state index contributed by atoms with van der Waals surface area (Å²) in [6, 6.07) is 5.23. The van der Waals surface area contributed by atoms with Crippen molar-refractivity contribution in [2.45, 2.75) is 59.4 Å². The molecule has 0 radical (unpaired) electrons. The number of carbonyl (C=O) groups excluding carboxylic acids is 1. The summed E-state index contributed by atoms with van der Waals surface area (Å²) in [7, 11) is 3.05. The maximum Gasteiger partial charge on any atom is 0.330 e. The van der Waals surface area contributed by atoms with E-state index in [4.69, 9.17) is 15.2 Å². The summed E-state index contributed by atoms with van der Waals surface area (Å²) in [5.41, 5.74) is 12.0. The number of fused-ring (bicyclic) bond motifs is 2. The van der Waals surface area contributed by atoms with Gasteiger partial charge in [0.2, 0.25) is 0 Å². The molecule has 3 aromatic rings. The molecule has 2 N–H and O–H groups in total. The Balaban J connectivity index is 1.45. The van der Waals surface area contributed by atoms with Crippen molar-refractivity contribution < 1.29 is 14.3 Å². The van der Waals surface area contributed by atoms with Gasteiger partial charge in [0.15, 0.2) is 6.04 Å². The van der Waals surface area contributed by atoms with Crippen molar-refractivity contribution in [3.05, 3.63) is 53.9 Å². The average molecular weight is 505 g/mol. The lowest BCUT2D eigenvalue weighted by atomic mass is 9.60. The fourth-order valence-corrected chi connectivity index (χ4v) is 6.50. The molecule has 3 atom stereocenters. The number of rotatable bonds is 8. The molecule has 5 rings (SSSR count). The molecular weight excluding hydrogens is 468 g/mol. The molecule has 0 aliphatic heterocycles. The van der Waals surface area contributed by atoms with E-state index < -0.39 is 6.04 Å². The first kappa shape index (κ1) is 25.0. The van der Waals surface area contributed by atoms with Crippen molar-refractivity contribution in [2.75, 3.05) is 14.2 Å². The molecule has 37 heavy (non-hydrogen) atoms. The quantitative estimate of drug-likeness (QED) is 0.446. The molecule has 9 nitrogen and oxygen atoms in total. The van der Waals surface area contributed by atoms with Gasteiger partial charge in [0, 0.05) is 22.9 Å². The molecule has 1 aromatic carbocycles. The Morgan fingerprint density at radius 3 is 2.68 bits per heavy atom. The van der Waals surface area contributed by atoms with Crippen molar-refractivity contribution >= 4 is 5.97 Å². The number of carbonyl (C=O) groups is 1. The zero-order valence-corrected chi connectivity index (χ0v) is 22.5. The van der Waals surface area contributed by atoms with Crippen LogP contribution in [-0.2, 0) is 9.53 Å². The number of esters is 1. The van der Waals surface area contributed by atoms with Crippen LogP contribution in [0.25, 0.3) is 16.9 Å². The number of nitrogens with zero attached hydrogens (tertiary/aromatic N) is 5. The SMILES string of the molecule is COC(=O)C(CC(C)(C)C12CCC(C1)C(C)=C2N)n1cc(-c2ccc(-n3cnc(C)c3)c(OC)c2)nn1. The highest BCUT2D eigenvalue weighted by Gasteiger charge is 2.57. The Labute approximate surface area is 217 Å². The number of hydrogen-bond acceptors (Lipinski definition) is 7. The van der Waals surface area contributed by atoms with Gasteiger partial charge in [0.1, 0.15) is 11.4 Å². The van der Waals surface area contributed by atoms with Crippen LogP contribution in [0.5, 0.6) is 5.75 Å². The second-order valence-electron chi connectivity index (χ2n) is 11.1. The summed E-state index contributed by atoms with van der Waals surface area (Å²) >= 11 is 0. The lowest BCUT2D eigenvalue weighted by molar-refractivity contribution is -0.146. The van der Waals surface area contributed by atoms with Crippen LogP contribution in [0.3, 0.4) is 0 Å². The van der Waals surface area contributed by atoms with E-state index in [0.29, 0.717) is 23.8 Å². The third-order valence-corrected chi connectivity index (χ3v) is 8.83. The molecule has 9 heteroatoms. The number of methoxy groups -OCH3 is 2. The third-order valence-electron chi connectivity index (χ3n) is 8.83. The van der Waals surface area contributed by atoms with E-state index in [2.05, 4.69) is 36.1 Å². The Bertz CT molecular complexity index is 1370. The van der Waals surface area contributed by atoms with E-state index >= 15 is 0 Å². The molecule has 2 aliphatic carbocycles. The number of aryl methyl sites for hydroxylation is 1. The van der Waals surface area contributed by atoms with Crippen LogP contribution in [0, 0.1) is 23.7 Å². The van der Waals surface area contributed by atoms with Gasteiger partial charge in [0.25, 0.3) is 0 Å². The Morgan fingerprint density at radius 1 is 1.27 bits per heavy atom. The molecular formula is C28H36N6O3. The predicted octanol–water partition coefficient (Wildman–Crippen LogP) is 4.61. The molecule has 2 bridgehead atoms. The molecule has 2 aliphatic rings. The molecule has 0 saturated heterocycles. The van der Waals surface area contributed by atoms with E-state index in [1.165, 1.54) is 12.7 Å². The van der Waals surface area contributed by atoms with Gasteiger partial charge in [-0.15, -0.1) is 5.10 Å². The zero-order chi connectivity index (χ0) is 26.5. The highest BCUT2D eigenvalue weighted by atomic mass is 16.5. The minimum Gasteiger partial charge on any atom is -0.495 e.